The Labute approximate surface area is 130 Å². The van der Waals surface area contributed by atoms with Gasteiger partial charge in [-0.1, -0.05) is 19.0 Å². The number of nitrogens with one attached hydrogen (secondary N) is 1. The molecule has 7 nitrogen and oxygen atoms in total. The van der Waals surface area contributed by atoms with Crippen molar-refractivity contribution in [1.29, 1.82) is 0 Å². The van der Waals surface area contributed by atoms with Crippen LogP contribution in [0.15, 0.2) is 4.52 Å². The number of likely N-dealkylation sites (tertiary alicyclic amines) is 1. The van der Waals surface area contributed by atoms with Crippen molar-refractivity contribution in [3.63, 3.8) is 0 Å². The summed E-state index contributed by atoms with van der Waals surface area (Å²) < 4.78 is 5.36. The molecule has 0 spiro atoms. The van der Waals surface area contributed by atoms with E-state index in [0.29, 0.717) is 24.9 Å². The fraction of sp³-hybridized carbons (Fsp3) is 0.800. The lowest BCUT2D eigenvalue weighted by atomic mass is 10.0. The van der Waals surface area contributed by atoms with Crippen LogP contribution in [0, 0.1) is 11.8 Å². The summed E-state index contributed by atoms with van der Waals surface area (Å²) >= 11 is 0. The van der Waals surface area contributed by atoms with Crippen LogP contribution in [0.2, 0.25) is 0 Å². The van der Waals surface area contributed by atoms with Gasteiger partial charge in [-0.2, -0.15) is 4.98 Å². The van der Waals surface area contributed by atoms with Crippen molar-refractivity contribution < 1.29 is 14.4 Å². The monoisotopic (exact) mass is 308 g/mol. The zero-order valence-electron chi connectivity index (χ0n) is 13.2. The smallest absolute Gasteiger partial charge is 0.318 e. The minimum atomic E-state index is -0.277. The number of aromatic nitrogens is 2. The number of aliphatic hydroxyl groups excluding tert-OH is 1. The summed E-state index contributed by atoms with van der Waals surface area (Å²) in [5.41, 5.74) is 0. The van der Waals surface area contributed by atoms with E-state index >= 15 is 0 Å². The van der Waals surface area contributed by atoms with Gasteiger partial charge in [0.15, 0.2) is 5.82 Å². The molecular formula is C15H24N4O3. The van der Waals surface area contributed by atoms with Crippen LogP contribution in [0.25, 0.3) is 0 Å². The molecule has 122 valence electrons. The molecule has 1 aromatic heterocycles. The highest BCUT2D eigenvalue weighted by Gasteiger charge is 2.33. The van der Waals surface area contributed by atoms with Crippen LogP contribution in [-0.2, 0) is 0 Å². The van der Waals surface area contributed by atoms with Gasteiger partial charge in [0, 0.05) is 31.5 Å². The summed E-state index contributed by atoms with van der Waals surface area (Å²) in [6, 6.07) is -0.401. The molecule has 2 atom stereocenters. The average molecular weight is 308 g/mol. The lowest BCUT2D eigenvalue weighted by molar-refractivity contribution is 0.187. The molecule has 2 heterocycles. The topological polar surface area (TPSA) is 91.5 Å². The van der Waals surface area contributed by atoms with Gasteiger partial charge in [0.1, 0.15) is 6.04 Å². The quantitative estimate of drug-likeness (QED) is 0.863. The third-order valence-electron chi connectivity index (χ3n) is 4.44. The number of carbonyl (C=O) groups is 1. The van der Waals surface area contributed by atoms with Gasteiger partial charge >= 0.3 is 6.03 Å². The summed E-state index contributed by atoms with van der Waals surface area (Å²) in [5, 5.41) is 16.2. The van der Waals surface area contributed by atoms with Crippen LogP contribution < -0.4 is 5.32 Å². The zero-order valence-corrected chi connectivity index (χ0v) is 13.2. The second kappa shape index (κ2) is 6.24. The number of carbonyl (C=O) groups excluding carboxylic acids is 1. The lowest BCUT2D eigenvalue weighted by Gasteiger charge is -2.23. The molecule has 2 unspecified atom stereocenters. The summed E-state index contributed by atoms with van der Waals surface area (Å²) in [7, 11) is 0. The van der Waals surface area contributed by atoms with Gasteiger partial charge in [0.2, 0.25) is 5.89 Å². The molecule has 1 aliphatic carbocycles. The minimum absolute atomic E-state index is 0.124. The van der Waals surface area contributed by atoms with Crippen LogP contribution in [0.5, 0.6) is 0 Å². The zero-order chi connectivity index (χ0) is 15.7. The first-order valence-electron chi connectivity index (χ1n) is 8.08. The predicted molar refractivity (Wildman–Crippen MR) is 79.1 cm³/mol. The van der Waals surface area contributed by atoms with E-state index < -0.39 is 0 Å². The molecule has 0 radical (unpaired) electrons. The fourth-order valence-electron chi connectivity index (χ4n) is 2.78. The maximum atomic E-state index is 12.4. The van der Waals surface area contributed by atoms with Crippen molar-refractivity contribution >= 4 is 6.03 Å². The van der Waals surface area contributed by atoms with Crippen LogP contribution in [0.1, 0.15) is 56.8 Å². The number of hydrogen-bond donors (Lipinski definition) is 2. The molecule has 22 heavy (non-hydrogen) atoms. The van der Waals surface area contributed by atoms with Crippen molar-refractivity contribution in [2.24, 2.45) is 11.8 Å². The minimum Gasteiger partial charge on any atom is -0.396 e. The molecule has 2 fully saturated rings. The second-order valence-corrected chi connectivity index (χ2v) is 6.72. The Kier molecular flexibility index (Phi) is 4.33. The summed E-state index contributed by atoms with van der Waals surface area (Å²) in [6.07, 6.45) is 3.09. The highest BCUT2D eigenvalue weighted by atomic mass is 16.5. The Hall–Kier alpha value is -1.63. The summed E-state index contributed by atoms with van der Waals surface area (Å²) in [6.45, 7) is 5.45. The van der Waals surface area contributed by atoms with Gasteiger partial charge in [-0.25, -0.2) is 4.79 Å². The molecule has 2 amide bonds. The molecule has 0 aromatic carbocycles. The van der Waals surface area contributed by atoms with Crippen molar-refractivity contribution in [3.8, 4) is 0 Å². The average Bonchev–Trinajstić information content (AvgIpc) is 3.04. The number of nitrogens with zero attached hydrogens (tertiary/aromatic N) is 3. The van der Waals surface area contributed by atoms with Gasteiger partial charge in [0.25, 0.3) is 0 Å². The number of rotatable bonds is 5. The largest absolute Gasteiger partial charge is 0.396 e. The Morgan fingerprint density at radius 1 is 1.45 bits per heavy atom. The molecule has 3 rings (SSSR count). The Morgan fingerprint density at radius 2 is 2.23 bits per heavy atom. The first kappa shape index (κ1) is 15.3. The van der Waals surface area contributed by atoms with E-state index in [-0.39, 0.29) is 30.5 Å². The number of urea groups is 1. The van der Waals surface area contributed by atoms with Gasteiger partial charge in [0.05, 0.1) is 0 Å². The fourth-order valence-corrected chi connectivity index (χ4v) is 2.78. The normalized spacial score (nSPS) is 23.1. The van der Waals surface area contributed by atoms with Crippen LogP contribution in [0.4, 0.5) is 4.79 Å². The molecule has 2 N–H and O–H groups in total. The van der Waals surface area contributed by atoms with Gasteiger partial charge in [-0.3, -0.25) is 0 Å². The molecule has 1 aliphatic heterocycles. The van der Waals surface area contributed by atoms with E-state index in [1.807, 2.05) is 13.8 Å². The molecule has 1 saturated carbocycles. The first-order valence-corrected chi connectivity index (χ1v) is 8.08. The molecular weight excluding hydrogens is 284 g/mol. The summed E-state index contributed by atoms with van der Waals surface area (Å²) in [4.78, 5) is 18.6. The van der Waals surface area contributed by atoms with E-state index in [1.54, 1.807) is 4.90 Å². The van der Waals surface area contributed by atoms with Crippen molar-refractivity contribution in [3.05, 3.63) is 11.7 Å². The van der Waals surface area contributed by atoms with E-state index in [9.17, 15) is 9.90 Å². The molecule has 1 saturated heterocycles. The third kappa shape index (κ3) is 3.24. The van der Waals surface area contributed by atoms with Crippen molar-refractivity contribution in [2.75, 3.05) is 19.7 Å². The van der Waals surface area contributed by atoms with Crippen molar-refractivity contribution in [2.45, 2.75) is 45.1 Å². The van der Waals surface area contributed by atoms with Gasteiger partial charge in [-0.15, -0.1) is 0 Å². The Bertz CT molecular complexity index is 527. The van der Waals surface area contributed by atoms with Crippen LogP contribution in [-0.4, -0.2) is 45.9 Å². The van der Waals surface area contributed by atoms with E-state index in [4.69, 9.17) is 4.52 Å². The maximum absolute atomic E-state index is 12.4. The Balaban J connectivity index is 1.64. The first-order chi connectivity index (χ1) is 10.6. The molecule has 2 aliphatic rings. The second-order valence-electron chi connectivity index (χ2n) is 6.72. The highest BCUT2D eigenvalue weighted by molar-refractivity contribution is 5.74. The van der Waals surface area contributed by atoms with E-state index in [0.717, 1.165) is 25.1 Å². The van der Waals surface area contributed by atoms with Gasteiger partial charge < -0.3 is 19.8 Å². The van der Waals surface area contributed by atoms with E-state index in [2.05, 4.69) is 15.5 Å². The highest BCUT2D eigenvalue weighted by Crippen LogP contribution is 2.38. The summed E-state index contributed by atoms with van der Waals surface area (Å²) in [5.74, 6) is 2.03. The standard InChI is InChI=1S/C15H24N4O3/c1-9(2)12(14-17-13(18-22-14)11-3-4-11)16-15(21)19-6-5-10(7-19)8-20/h9-12,20H,3-8H2,1-2H3,(H,16,21). The van der Waals surface area contributed by atoms with Crippen LogP contribution in [0.3, 0.4) is 0 Å². The molecule has 0 bridgehead atoms. The maximum Gasteiger partial charge on any atom is 0.318 e. The number of hydrogen-bond acceptors (Lipinski definition) is 5. The Morgan fingerprint density at radius 3 is 2.82 bits per heavy atom. The predicted octanol–water partition coefficient (Wildman–Crippen LogP) is 1.67. The SMILES string of the molecule is CC(C)C(NC(=O)N1CCC(CO)C1)c1nc(C2CC2)no1. The molecule has 7 heteroatoms. The molecule has 1 aromatic rings. The van der Waals surface area contributed by atoms with Crippen LogP contribution >= 0.6 is 0 Å². The third-order valence-corrected chi connectivity index (χ3v) is 4.44. The number of amides is 2. The number of aliphatic hydroxyl groups is 1. The van der Waals surface area contributed by atoms with Gasteiger partial charge in [-0.05, 0) is 25.2 Å². The van der Waals surface area contributed by atoms with E-state index in [1.165, 1.54) is 0 Å². The lowest BCUT2D eigenvalue weighted by Crippen LogP contribution is -2.42. The van der Waals surface area contributed by atoms with Crippen molar-refractivity contribution in [1.82, 2.24) is 20.4 Å².